The van der Waals surface area contributed by atoms with Gasteiger partial charge in [0.05, 0.1) is 17.2 Å². The standard InChI is InChI=1S/C21H25ClN2O4S/c1-13-5-8-19(14(2)9-13)23-21(25)17-6-7-18(22)20(10-17)29(26,27)24-11-15(3)28-16(4)12-24/h5-10,15-16H,11-12H2,1-4H3,(H,23,25)/t15-,16+. The molecule has 0 aromatic heterocycles. The molecule has 156 valence electrons. The van der Waals surface area contributed by atoms with Gasteiger partial charge in [0.2, 0.25) is 10.0 Å². The number of morpholine rings is 1. The van der Waals surface area contributed by atoms with E-state index in [1.807, 2.05) is 45.9 Å². The first kappa shape index (κ1) is 21.8. The Morgan fingerprint density at radius 2 is 1.76 bits per heavy atom. The summed E-state index contributed by atoms with van der Waals surface area (Å²) in [7, 11) is -3.86. The van der Waals surface area contributed by atoms with Gasteiger partial charge in [-0.25, -0.2) is 8.42 Å². The van der Waals surface area contributed by atoms with Crippen molar-refractivity contribution >= 4 is 33.2 Å². The summed E-state index contributed by atoms with van der Waals surface area (Å²) in [5, 5.41) is 2.92. The molecule has 1 saturated heterocycles. The lowest BCUT2D eigenvalue weighted by atomic mass is 10.1. The molecule has 6 nitrogen and oxygen atoms in total. The molecule has 0 unspecified atom stereocenters. The number of hydrogen-bond donors (Lipinski definition) is 1. The first-order chi connectivity index (χ1) is 13.6. The molecule has 2 atom stereocenters. The van der Waals surface area contributed by atoms with E-state index in [1.54, 1.807) is 0 Å². The third-order valence-electron chi connectivity index (χ3n) is 4.83. The zero-order valence-electron chi connectivity index (χ0n) is 16.9. The molecule has 1 fully saturated rings. The van der Waals surface area contributed by atoms with Crippen LogP contribution in [0, 0.1) is 13.8 Å². The lowest BCUT2D eigenvalue weighted by Crippen LogP contribution is -2.48. The smallest absolute Gasteiger partial charge is 0.255 e. The van der Waals surface area contributed by atoms with E-state index in [4.69, 9.17) is 16.3 Å². The predicted octanol–water partition coefficient (Wildman–Crippen LogP) is 4.01. The van der Waals surface area contributed by atoms with E-state index in [0.717, 1.165) is 11.1 Å². The Balaban J connectivity index is 1.90. The monoisotopic (exact) mass is 436 g/mol. The number of hydrogen-bond acceptors (Lipinski definition) is 4. The summed E-state index contributed by atoms with van der Waals surface area (Å²) in [5.74, 6) is -0.395. The van der Waals surface area contributed by atoms with Crippen LogP contribution < -0.4 is 5.32 Å². The lowest BCUT2D eigenvalue weighted by Gasteiger charge is -2.34. The van der Waals surface area contributed by atoms with Gasteiger partial charge in [0.25, 0.3) is 5.91 Å². The lowest BCUT2D eigenvalue weighted by molar-refractivity contribution is -0.0440. The van der Waals surface area contributed by atoms with Crippen LogP contribution in [-0.2, 0) is 14.8 Å². The molecule has 3 rings (SSSR count). The largest absolute Gasteiger partial charge is 0.373 e. The molecule has 1 aliphatic heterocycles. The van der Waals surface area contributed by atoms with Gasteiger partial charge >= 0.3 is 0 Å². The fourth-order valence-electron chi connectivity index (χ4n) is 3.46. The van der Waals surface area contributed by atoms with Gasteiger partial charge in [-0.05, 0) is 57.5 Å². The number of benzene rings is 2. The number of nitrogens with zero attached hydrogens (tertiary/aromatic N) is 1. The maximum absolute atomic E-state index is 13.2. The highest BCUT2D eigenvalue weighted by Crippen LogP contribution is 2.28. The molecular formula is C21H25ClN2O4S. The van der Waals surface area contributed by atoms with Crippen LogP contribution in [0.15, 0.2) is 41.3 Å². The van der Waals surface area contributed by atoms with Crippen molar-refractivity contribution in [1.82, 2.24) is 4.31 Å². The molecule has 0 aliphatic carbocycles. The van der Waals surface area contributed by atoms with E-state index < -0.39 is 15.9 Å². The van der Waals surface area contributed by atoms with Crippen molar-refractivity contribution in [2.75, 3.05) is 18.4 Å². The number of halogens is 1. The summed E-state index contributed by atoms with van der Waals surface area (Å²) in [5.41, 5.74) is 2.92. The Labute approximate surface area is 176 Å². The second kappa shape index (κ2) is 8.44. The van der Waals surface area contributed by atoms with Crippen LogP contribution in [0.2, 0.25) is 5.02 Å². The van der Waals surface area contributed by atoms with E-state index in [0.29, 0.717) is 5.69 Å². The van der Waals surface area contributed by atoms with Crippen LogP contribution in [-0.4, -0.2) is 43.9 Å². The highest BCUT2D eigenvalue weighted by molar-refractivity contribution is 7.89. The molecule has 0 saturated carbocycles. The minimum Gasteiger partial charge on any atom is -0.373 e. The average Bonchev–Trinajstić information content (AvgIpc) is 2.63. The van der Waals surface area contributed by atoms with Crippen molar-refractivity contribution in [3.63, 3.8) is 0 Å². The molecule has 0 spiro atoms. The van der Waals surface area contributed by atoms with Crippen molar-refractivity contribution in [3.05, 3.63) is 58.1 Å². The molecule has 2 aromatic carbocycles. The SMILES string of the molecule is Cc1ccc(NC(=O)c2ccc(Cl)c(S(=O)(=O)N3C[C@@H](C)O[C@@H](C)C3)c2)c(C)c1. The Hall–Kier alpha value is -1.93. The fourth-order valence-corrected chi connectivity index (χ4v) is 5.55. The quantitative estimate of drug-likeness (QED) is 0.785. The zero-order valence-corrected chi connectivity index (χ0v) is 18.5. The van der Waals surface area contributed by atoms with Crippen molar-refractivity contribution in [2.24, 2.45) is 0 Å². The van der Waals surface area contributed by atoms with Crippen molar-refractivity contribution < 1.29 is 17.9 Å². The summed E-state index contributed by atoms with van der Waals surface area (Å²) in [6.45, 7) is 8.01. The number of carbonyl (C=O) groups excluding carboxylic acids is 1. The molecule has 1 amide bonds. The number of carbonyl (C=O) groups is 1. The summed E-state index contributed by atoms with van der Waals surface area (Å²) >= 11 is 6.21. The molecule has 0 radical (unpaired) electrons. The van der Waals surface area contributed by atoms with Gasteiger partial charge in [-0.2, -0.15) is 4.31 Å². The third-order valence-corrected chi connectivity index (χ3v) is 7.14. The summed E-state index contributed by atoms with van der Waals surface area (Å²) in [6, 6.07) is 9.99. The molecule has 1 aliphatic rings. The topological polar surface area (TPSA) is 75.7 Å². The highest BCUT2D eigenvalue weighted by atomic mass is 35.5. The van der Waals surface area contributed by atoms with Crippen LogP contribution >= 0.6 is 11.6 Å². The Kier molecular flexibility index (Phi) is 6.33. The summed E-state index contributed by atoms with van der Waals surface area (Å²) in [4.78, 5) is 12.7. The van der Waals surface area contributed by atoms with Crippen molar-refractivity contribution in [1.29, 1.82) is 0 Å². The van der Waals surface area contributed by atoms with Gasteiger partial charge in [-0.15, -0.1) is 0 Å². The number of ether oxygens (including phenoxy) is 1. The second-order valence-electron chi connectivity index (χ2n) is 7.50. The maximum atomic E-state index is 13.2. The van der Waals surface area contributed by atoms with Crippen molar-refractivity contribution in [3.8, 4) is 0 Å². The first-order valence-electron chi connectivity index (χ1n) is 9.41. The molecule has 1 heterocycles. The Morgan fingerprint density at radius 1 is 1.10 bits per heavy atom. The Morgan fingerprint density at radius 3 is 2.38 bits per heavy atom. The van der Waals surface area contributed by atoms with Crippen LogP contribution in [0.5, 0.6) is 0 Å². The molecule has 1 N–H and O–H groups in total. The van der Waals surface area contributed by atoms with E-state index in [2.05, 4.69) is 5.32 Å². The van der Waals surface area contributed by atoms with E-state index >= 15 is 0 Å². The zero-order chi connectivity index (χ0) is 21.3. The number of amides is 1. The fraction of sp³-hybridized carbons (Fsp3) is 0.381. The van der Waals surface area contributed by atoms with Gasteiger partial charge in [0.15, 0.2) is 0 Å². The minimum absolute atomic E-state index is 0.0752. The molecule has 2 aromatic rings. The van der Waals surface area contributed by atoms with Gasteiger partial charge in [-0.3, -0.25) is 4.79 Å². The first-order valence-corrected chi connectivity index (χ1v) is 11.2. The molecule has 8 heteroatoms. The average molecular weight is 437 g/mol. The molecular weight excluding hydrogens is 412 g/mol. The number of rotatable bonds is 4. The van der Waals surface area contributed by atoms with Crippen LogP contribution in [0.4, 0.5) is 5.69 Å². The van der Waals surface area contributed by atoms with Crippen LogP contribution in [0.25, 0.3) is 0 Å². The number of aryl methyl sites for hydroxylation is 2. The third kappa shape index (κ3) is 4.80. The van der Waals surface area contributed by atoms with Crippen LogP contribution in [0.1, 0.15) is 35.3 Å². The Bertz CT molecular complexity index is 1030. The summed E-state index contributed by atoms with van der Waals surface area (Å²) < 4.78 is 33.3. The van der Waals surface area contributed by atoms with Crippen LogP contribution in [0.3, 0.4) is 0 Å². The van der Waals surface area contributed by atoms with Gasteiger partial charge in [0, 0.05) is 24.3 Å². The number of sulfonamides is 1. The number of nitrogens with one attached hydrogen (secondary N) is 1. The van der Waals surface area contributed by atoms with Crippen molar-refractivity contribution in [2.45, 2.75) is 44.8 Å². The number of anilines is 1. The van der Waals surface area contributed by atoms with Gasteiger partial charge < -0.3 is 10.1 Å². The van der Waals surface area contributed by atoms with Gasteiger partial charge in [-0.1, -0.05) is 29.3 Å². The normalized spacial score (nSPS) is 20.4. The van der Waals surface area contributed by atoms with E-state index in [9.17, 15) is 13.2 Å². The second-order valence-corrected chi connectivity index (χ2v) is 9.81. The molecule has 0 bridgehead atoms. The van der Waals surface area contributed by atoms with E-state index in [1.165, 1.54) is 22.5 Å². The minimum atomic E-state index is -3.86. The predicted molar refractivity (Wildman–Crippen MR) is 114 cm³/mol. The maximum Gasteiger partial charge on any atom is 0.255 e. The van der Waals surface area contributed by atoms with E-state index in [-0.39, 0.29) is 40.8 Å². The molecule has 29 heavy (non-hydrogen) atoms. The van der Waals surface area contributed by atoms with Gasteiger partial charge in [0.1, 0.15) is 4.90 Å². The summed E-state index contributed by atoms with van der Waals surface area (Å²) in [6.07, 6.45) is -0.438. The highest BCUT2D eigenvalue weighted by Gasteiger charge is 2.33.